The predicted molar refractivity (Wildman–Crippen MR) is 148 cm³/mol. The fraction of sp³-hybridized carbons (Fsp3) is 0.903. The van der Waals surface area contributed by atoms with Crippen molar-refractivity contribution in [2.45, 2.75) is 113 Å². The van der Waals surface area contributed by atoms with Crippen LogP contribution in [-0.4, -0.2) is 80.2 Å². The minimum absolute atomic E-state index is 0.00544. The number of piperidine rings is 1. The minimum atomic E-state index is -1.27. The number of hydrogen-bond acceptors (Lipinski definition) is 8. The van der Waals surface area contributed by atoms with Crippen LogP contribution >= 0.6 is 11.6 Å². The molecule has 1 spiro atoms. The number of esters is 1. The van der Waals surface area contributed by atoms with Crippen LogP contribution in [0.5, 0.6) is 0 Å². The van der Waals surface area contributed by atoms with Gasteiger partial charge in [0.1, 0.15) is 17.4 Å². The molecule has 224 valence electrons. The molecule has 1 N–H and O–H groups in total. The lowest BCUT2D eigenvalue weighted by molar-refractivity contribution is -0.181. The Balaban J connectivity index is 1.38. The number of Topliss-reactive ketones (excluding diaryl/α,β-unsaturated/α-hetero) is 2. The SMILES string of the molecule is COC(=O)C1CC(C2CCC3CCCCC3C2)C2C(=O)C[C@@H](C)[C@]3(OC4C(Cl)C(OC)CC(OC)C4C3=O)C2N1. The molecule has 0 aromatic rings. The molecule has 0 aromatic carbocycles. The average molecular weight is 580 g/mol. The van der Waals surface area contributed by atoms with Crippen LogP contribution in [0.25, 0.3) is 0 Å². The number of methoxy groups -OCH3 is 3. The summed E-state index contributed by atoms with van der Waals surface area (Å²) in [5.74, 6) is 0.325. The third kappa shape index (κ3) is 4.42. The molecular weight excluding hydrogens is 534 g/mol. The Morgan fingerprint density at radius 1 is 0.925 bits per heavy atom. The Kier molecular flexibility index (Phi) is 8.14. The molecule has 2 saturated heterocycles. The van der Waals surface area contributed by atoms with Gasteiger partial charge in [-0.05, 0) is 49.4 Å². The lowest BCUT2D eigenvalue weighted by Gasteiger charge is -2.56. The van der Waals surface area contributed by atoms with Gasteiger partial charge < -0.3 is 18.9 Å². The fourth-order valence-corrected chi connectivity index (χ4v) is 10.5. The molecule has 6 aliphatic rings. The van der Waals surface area contributed by atoms with Crippen LogP contribution < -0.4 is 5.32 Å². The van der Waals surface area contributed by atoms with Gasteiger partial charge >= 0.3 is 5.97 Å². The number of carbonyl (C=O) groups is 3. The second-order valence-corrected chi connectivity index (χ2v) is 14.1. The first-order chi connectivity index (χ1) is 19.2. The van der Waals surface area contributed by atoms with Gasteiger partial charge in [0.2, 0.25) is 0 Å². The molecule has 4 saturated carbocycles. The summed E-state index contributed by atoms with van der Waals surface area (Å²) in [7, 11) is 4.63. The molecule has 2 aliphatic heterocycles. The highest BCUT2D eigenvalue weighted by Crippen LogP contribution is 2.56. The summed E-state index contributed by atoms with van der Waals surface area (Å²) in [6.45, 7) is 1.94. The fourth-order valence-electron chi connectivity index (χ4n) is 10.0. The van der Waals surface area contributed by atoms with E-state index in [0.717, 1.165) is 18.8 Å². The highest BCUT2D eigenvalue weighted by atomic mass is 35.5. The van der Waals surface area contributed by atoms with Crippen LogP contribution in [0.4, 0.5) is 0 Å². The van der Waals surface area contributed by atoms with Gasteiger partial charge in [0.05, 0.1) is 42.8 Å². The maximum Gasteiger partial charge on any atom is 0.322 e. The van der Waals surface area contributed by atoms with Crippen LogP contribution in [0.3, 0.4) is 0 Å². The van der Waals surface area contributed by atoms with E-state index in [1.54, 1.807) is 14.2 Å². The van der Waals surface area contributed by atoms with E-state index in [-0.39, 0.29) is 47.8 Å². The number of nitrogens with one attached hydrogen (secondary N) is 1. The quantitative estimate of drug-likeness (QED) is 0.397. The van der Waals surface area contributed by atoms with E-state index in [2.05, 4.69) is 5.32 Å². The normalized spacial score (nSPS) is 50.7. The van der Waals surface area contributed by atoms with Crippen LogP contribution in [-0.2, 0) is 33.3 Å². The number of rotatable bonds is 4. The highest BCUT2D eigenvalue weighted by Gasteiger charge is 2.71. The van der Waals surface area contributed by atoms with Crippen LogP contribution in [0.2, 0.25) is 0 Å². The second kappa shape index (κ2) is 11.2. The molecule has 0 aromatic heterocycles. The molecule has 2 heterocycles. The summed E-state index contributed by atoms with van der Waals surface area (Å²) in [6.07, 6.45) is 8.59. The molecule has 6 rings (SSSR count). The van der Waals surface area contributed by atoms with Crippen molar-refractivity contribution in [3.05, 3.63) is 0 Å². The molecule has 4 aliphatic carbocycles. The number of ketones is 2. The van der Waals surface area contributed by atoms with Crippen molar-refractivity contribution in [3.63, 3.8) is 0 Å². The molecule has 6 fully saturated rings. The first kappa shape index (κ1) is 29.0. The number of ether oxygens (including phenoxy) is 4. The Bertz CT molecular complexity index is 1010. The van der Waals surface area contributed by atoms with E-state index in [0.29, 0.717) is 24.7 Å². The topological polar surface area (TPSA) is 100 Å². The lowest BCUT2D eigenvalue weighted by atomic mass is 9.54. The zero-order valence-corrected chi connectivity index (χ0v) is 25.1. The van der Waals surface area contributed by atoms with Crippen molar-refractivity contribution < 1.29 is 33.3 Å². The van der Waals surface area contributed by atoms with Gasteiger partial charge in [0.25, 0.3) is 0 Å². The zero-order valence-electron chi connectivity index (χ0n) is 24.3. The van der Waals surface area contributed by atoms with Crippen LogP contribution in [0, 0.1) is 41.4 Å². The van der Waals surface area contributed by atoms with Gasteiger partial charge in [-0.15, -0.1) is 11.6 Å². The number of halogens is 1. The maximum atomic E-state index is 14.6. The van der Waals surface area contributed by atoms with E-state index in [1.807, 2.05) is 6.92 Å². The summed E-state index contributed by atoms with van der Waals surface area (Å²) in [6, 6.07) is -1.21. The summed E-state index contributed by atoms with van der Waals surface area (Å²) in [4.78, 5) is 41.7. The van der Waals surface area contributed by atoms with E-state index in [4.69, 9.17) is 30.5 Å². The predicted octanol–water partition coefficient (Wildman–Crippen LogP) is 3.70. The van der Waals surface area contributed by atoms with Crippen molar-refractivity contribution in [1.29, 1.82) is 0 Å². The average Bonchev–Trinajstić information content (AvgIpc) is 3.29. The second-order valence-electron chi connectivity index (χ2n) is 13.6. The van der Waals surface area contributed by atoms with Gasteiger partial charge in [-0.1, -0.05) is 32.6 Å². The van der Waals surface area contributed by atoms with Crippen LogP contribution in [0.15, 0.2) is 0 Å². The van der Waals surface area contributed by atoms with Crippen molar-refractivity contribution >= 4 is 29.1 Å². The largest absolute Gasteiger partial charge is 0.468 e. The van der Waals surface area contributed by atoms with E-state index >= 15 is 0 Å². The monoisotopic (exact) mass is 579 g/mol. The molecule has 14 atom stereocenters. The Morgan fingerprint density at radius 3 is 2.33 bits per heavy atom. The molecular formula is C31H46ClNO7. The first-order valence-electron chi connectivity index (χ1n) is 15.5. The number of alkyl halides is 1. The molecule has 12 unspecified atom stereocenters. The third-order valence-corrected chi connectivity index (χ3v) is 12.5. The molecule has 0 amide bonds. The Hall–Kier alpha value is -1.06. The summed E-state index contributed by atoms with van der Waals surface area (Å²) in [5, 5.41) is 2.96. The summed E-state index contributed by atoms with van der Waals surface area (Å²) in [5.41, 5.74) is -1.27. The lowest BCUT2D eigenvalue weighted by Crippen LogP contribution is -2.73. The van der Waals surface area contributed by atoms with Gasteiger partial charge in [-0.2, -0.15) is 0 Å². The molecule has 0 radical (unpaired) electrons. The smallest absolute Gasteiger partial charge is 0.322 e. The van der Waals surface area contributed by atoms with Gasteiger partial charge in [-0.3, -0.25) is 19.7 Å². The van der Waals surface area contributed by atoms with Gasteiger partial charge in [0, 0.05) is 38.9 Å². The van der Waals surface area contributed by atoms with E-state index < -0.39 is 41.2 Å². The highest BCUT2D eigenvalue weighted by molar-refractivity contribution is 6.22. The molecule has 8 nitrogen and oxygen atoms in total. The summed E-state index contributed by atoms with van der Waals surface area (Å²) >= 11 is 6.92. The van der Waals surface area contributed by atoms with Gasteiger partial charge in [0.15, 0.2) is 5.78 Å². The van der Waals surface area contributed by atoms with Crippen molar-refractivity contribution in [3.8, 4) is 0 Å². The van der Waals surface area contributed by atoms with Crippen molar-refractivity contribution in [2.24, 2.45) is 41.4 Å². The van der Waals surface area contributed by atoms with Crippen LogP contribution in [0.1, 0.15) is 71.1 Å². The maximum absolute atomic E-state index is 14.6. The van der Waals surface area contributed by atoms with E-state index in [1.165, 1.54) is 39.2 Å². The molecule has 40 heavy (non-hydrogen) atoms. The van der Waals surface area contributed by atoms with Crippen molar-refractivity contribution in [1.82, 2.24) is 5.32 Å². The molecule has 9 heteroatoms. The standard InChI is InChI=1S/C31H46ClNO7/c1-15-11-21(34)24-19(18-10-9-16-7-5-6-8-17(16)12-18)13-20(30(36)39-4)33-28(24)31(15)29(35)25-22(37-2)14-23(38-3)26(32)27(25)40-31/h15-20,22-28,33H,5-14H2,1-4H3/t15-,16?,17?,18?,19?,20?,22?,23?,24?,25?,26?,27?,28?,31+/m1/s1. The van der Waals surface area contributed by atoms with Gasteiger partial charge in [-0.25, -0.2) is 0 Å². The molecule has 0 bridgehead atoms. The summed E-state index contributed by atoms with van der Waals surface area (Å²) < 4.78 is 23.6. The first-order valence-corrected chi connectivity index (χ1v) is 16.0. The van der Waals surface area contributed by atoms with Crippen molar-refractivity contribution in [2.75, 3.05) is 21.3 Å². The number of fused-ring (bicyclic) bond motifs is 4. The van der Waals surface area contributed by atoms with E-state index in [9.17, 15) is 14.4 Å². The zero-order chi connectivity index (χ0) is 28.3. The number of hydrogen-bond donors (Lipinski definition) is 1. The third-order valence-electron chi connectivity index (χ3n) is 12.0. The minimum Gasteiger partial charge on any atom is -0.468 e. The Morgan fingerprint density at radius 2 is 1.62 bits per heavy atom. The Labute approximate surface area is 242 Å². The number of carbonyl (C=O) groups excluding carboxylic acids is 3.